The van der Waals surface area contributed by atoms with Crippen molar-refractivity contribution in [2.45, 2.75) is 32.6 Å². The minimum Gasteiger partial charge on any atom is -0.303 e. The second-order valence-corrected chi connectivity index (χ2v) is 4.57. The Hall–Kier alpha value is -1.44. The molecule has 0 N–H and O–H groups in total. The predicted molar refractivity (Wildman–Crippen MR) is 62.0 cm³/mol. The molecule has 0 radical (unpaired) electrons. The molecular weight excluding hydrogens is 186 g/mol. The van der Waals surface area contributed by atoms with Crippen LogP contribution in [0.5, 0.6) is 0 Å². The Balaban J connectivity index is 2.52. The summed E-state index contributed by atoms with van der Waals surface area (Å²) < 4.78 is 0. The van der Waals surface area contributed by atoms with Crippen LogP contribution < -0.4 is 0 Å². The highest BCUT2D eigenvalue weighted by Crippen LogP contribution is 2.40. The van der Waals surface area contributed by atoms with Crippen molar-refractivity contribution in [3.05, 3.63) is 29.3 Å². The maximum Gasteiger partial charge on any atom is 0.125 e. The van der Waals surface area contributed by atoms with Crippen molar-refractivity contribution in [1.29, 1.82) is 0 Å². The third kappa shape index (κ3) is 1.50. The van der Waals surface area contributed by atoms with Crippen molar-refractivity contribution in [3.63, 3.8) is 0 Å². The van der Waals surface area contributed by atoms with Crippen LogP contribution in [0.4, 0.5) is 5.69 Å². The molecule has 0 fully saturated rings. The van der Waals surface area contributed by atoms with Gasteiger partial charge >= 0.3 is 0 Å². The summed E-state index contributed by atoms with van der Waals surface area (Å²) in [5.41, 5.74) is 4.37. The number of carbonyl (C=O) groups excluding carboxylic acids is 1. The molecule has 2 heteroatoms. The number of aliphatic imine (C=N–C) groups is 1. The zero-order valence-corrected chi connectivity index (χ0v) is 9.37. The molecule has 0 unspecified atom stereocenters. The predicted octanol–water partition coefficient (Wildman–Crippen LogP) is 2.95. The van der Waals surface area contributed by atoms with E-state index in [0.29, 0.717) is 6.42 Å². The molecule has 78 valence electrons. The Bertz CT molecular complexity index is 444. The highest BCUT2D eigenvalue weighted by atomic mass is 16.1. The lowest BCUT2D eigenvalue weighted by Crippen LogP contribution is -2.25. The lowest BCUT2D eigenvalue weighted by atomic mass is 9.80. The summed E-state index contributed by atoms with van der Waals surface area (Å²) in [6.45, 7) is 6.33. The summed E-state index contributed by atoms with van der Waals surface area (Å²) in [5.74, 6) is 0. The van der Waals surface area contributed by atoms with Gasteiger partial charge < -0.3 is 4.79 Å². The van der Waals surface area contributed by atoms with Gasteiger partial charge in [0, 0.05) is 17.5 Å². The molecule has 1 aliphatic heterocycles. The van der Waals surface area contributed by atoms with E-state index in [-0.39, 0.29) is 5.41 Å². The molecule has 1 aromatic carbocycles. The third-order valence-corrected chi connectivity index (χ3v) is 3.08. The van der Waals surface area contributed by atoms with Gasteiger partial charge in [-0.25, -0.2) is 0 Å². The fourth-order valence-electron chi connectivity index (χ4n) is 2.07. The van der Waals surface area contributed by atoms with E-state index >= 15 is 0 Å². The molecule has 0 saturated heterocycles. The summed E-state index contributed by atoms with van der Waals surface area (Å²) in [6, 6.07) is 6.25. The van der Waals surface area contributed by atoms with Crippen molar-refractivity contribution in [2.24, 2.45) is 4.99 Å². The fraction of sp³-hybridized carbons (Fsp3) is 0.385. The van der Waals surface area contributed by atoms with Crippen molar-refractivity contribution < 1.29 is 4.79 Å². The summed E-state index contributed by atoms with van der Waals surface area (Å²) in [7, 11) is 0. The largest absolute Gasteiger partial charge is 0.303 e. The lowest BCUT2D eigenvalue weighted by molar-refractivity contribution is -0.106. The first-order valence-electron chi connectivity index (χ1n) is 5.18. The Kier molecular flexibility index (Phi) is 2.22. The normalized spacial score (nSPS) is 17.1. The molecule has 0 aromatic heterocycles. The number of rotatable bonds is 2. The number of hydrogen-bond acceptors (Lipinski definition) is 2. The topological polar surface area (TPSA) is 29.4 Å². The number of hydrogen-bond donors (Lipinski definition) is 0. The Morgan fingerprint density at radius 1 is 1.40 bits per heavy atom. The average molecular weight is 201 g/mol. The van der Waals surface area contributed by atoms with E-state index in [2.05, 4.69) is 37.9 Å². The Labute approximate surface area is 90.0 Å². The Morgan fingerprint density at radius 2 is 2.13 bits per heavy atom. The zero-order chi connectivity index (χ0) is 11.1. The lowest BCUT2D eigenvalue weighted by Gasteiger charge is -2.21. The maximum absolute atomic E-state index is 10.6. The minimum atomic E-state index is -0.0950. The number of fused-ring (bicyclic) bond motifs is 1. The van der Waals surface area contributed by atoms with Crippen molar-refractivity contribution >= 4 is 17.7 Å². The molecule has 0 atom stereocenters. The quantitative estimate of drug-likeness (QED) is 0.676. The zero-order valence-electron chi connectivity index (χ0n) is 9.37. The summed E-state index contributed by atoms with van der Waals surface area (Å²) >= 11 is 0. The van der Waals surface area contributed by atoms with E-state index in [1.165, 1.54) is 11.1 Å². The summed E-state index contributed by atoms with van der Waals surface area (Å²) in [5, 5.41) is 0. The molecule has 0 bridgehead atoms. The molecule has 0 amide bonds. The first-order chi connectivity index (χ1) is 7.05. The third-order valence-electron chi connectivity index (χ3n) is 3.08. The van der Waals surface area contributed by atoms with Crippen LogP contribution in [0.2, 0.25) is 0 Å². The minimum absolute atomic E-state index is 0.0950. The number of aldehydes is 1. The first kappa shape index (κ1) is 10.1. The van der Waals surface area contributed by atoms with Crippen molar-refractivity contribution in [3.8, 4) is 0 Å². The molecule has 0 saturated carbocycles. The molecule has 2 nitrogen and oxygen atoms in total. The van der Waals surface area contributed by atoms with Crippen LogP contribution in [-0.4, -0.2) is 12.0 Å². The number of nitrogens with zero attached hydrogens (tertiary/aromatic N) is 1. The van der Waals surface area contributed by atoms with Gasteiger partial charge in [0.25, 0.3) is 0 Å². The Morgan fingerprint density at radius 3 is 2.80 bits per heavy atom. The molecule has 1 aliphatic rings. The van der Waals surface area contributed by atoms with Gasteiger partial charge in [0.1, 0.15) is 6.29 Å². The van der Waals surface area contributed by atoms with E-state index in [4.69, 9.17) is 0 Å². The molecule has 0 aliphatic carbocycles. The summed E-state index contributed by atoms with van der Waals surface area (Å²) in [6.07, 6.45) is 1.36. The monoisotopic (exact) mass is 201 g/mol. The van der Waals surface area contributed by atoms with E-state index in [1.807, 2.05) is 6.07 Å². The molecule has 1 heterocycles. The molecule has 0 spiro atoms. The number of aryl methyl sites for hydroxylation is 1. The van der Waals surface area contributed by atoms with Gasteiger partial charge in [-0.2, -0.15) is 0 Å². The van der Waals surface area contributed by atoms with Gasteiger partial charge in [-0.15, -0.1) is 0 Å². The number of benzene rings is 1. The van der Waals surface area contributed by atoms with E-state index in [1.54, 1.807) is 0 Å². The first-order valence-corrected chi connectivity index (χ1v) is 5.18. The van der Waals surface area contributed by atoms with Crippen molar-refractivity contribution in [2.75, 3.05) is 0 Å². The van der Waals surface area contributed by atoms with Crippen LogP contribution in [-0.2, 0) is 10.2 Å². The van der Waals surface area contributed by atoms with Gasteiger partial charge in [0.05, 0.1) is 5.69 Å². The van der Waals surface area contributed by atoms with Gasteiger partial charge in [-0.3, -0.25) is 4.99 Å². The van der Waals surface area contributed by atoms with Crippen LogP contribution in [0.1, 0.15) is 31.4 Å². The SMILES string of the molecule is Cc1ccc2c(c1)C(C)(C)C(CC=O)=N2. The second-order valence-electron chi connectivity index (χ2n) is 4.57. The van der Waals surface area contributed by atoms with Gasteiger partial charge in [0.15, 0.2) is 0 Å². The average Bonchev–Trinajstić information content (AvgIpc) is 2.41. The van der Waals surface area contributed by atoms with Gasteiger partial charge in [0.2, 0.25) is 0 Å². The highest BCUT2D eigenvalue weighted by Gasteiger charge is 2.34. The van der Waals surface area contributed by atoms with Crippen LogP contribution in [0, 0.1) is 6.92 Å². The highest BCUT2D eigenvalue weighted by molar-refractivity contribution is 6.06. The fourth-order valence-corrected chi connectivity index (χ4v) is 2.07. The van der Waals surface area contributed by atoms with Crippen LogP contribution in [0.15, 0.2) is 23.2 Å². The molecule has 1 aromatic rings. The van der Waals surface area contributed by atoms with Crippen LogP contribution in [0.3, 0.4) is 0 Å². The second kappa shape index (κ2) is 3.30. The van der Waals surface area contributed by atoms with Crippen molar-refractivity contribution in [1.82, 2.24) is 0 Å². The molecule has 2 rings (SSSR count). The van der Waals surface area contributed by atoms with Gasteiger partial charge in [-0.05, 0) is 18.6 Å². The van der Waals surface area contributed by atoms with Gasteiger partial charge in [-0.1, -0.05) is 31.5 Å². The summed E-state index contributed by atoms with van der Waals surface area (Å²) in [4.78, 5) is 15.1. The van der Waals surface area contributed by atoms with E-state index in [9.17, 15) is 4.79 Å². The van der Waals surface area contributed by atoms with E-state index < -0.39 is 0 Å². The maximum atomic E-state index is 10.6. The standard InChI is InChI=1S/C13H15NO/c1-9-4-5-11-10(8-9)13(2,3)12(14-11)6-7-15/h4-5,7-8H,6H2,1-3H3. The molecule has 15 heavy (non-hydrogen) atoms. The molecular formula is C13H15NO. The number of carbonyl (C=O) groups is 1. The van der Waals surface area contributed by atoms with E-state index in [0.717, 1.165) is 17.7 Å². The van der Waals surface area contributed by atoms with Crippen LogP contribution >= 0.6 is 0 Å². The van der Waals surface area contributed by atoms with Crippen LogP contribution in [0.25, 0.3) is 0 Å². The smallest absolute Gasteiger partial charge is 0.125 e.